The van der Waals surface area contributed by atoms with Crippen molar-refractivity contribution < 1.29 is 43.8 Å². The smallest absolute Gasteiger partial charge is 0.497 e. The van der Waals surface area contributed by atoms with Gasteiger partial charge in [-0.15, -0.1) is 5.10 Å². The molecule has 1 fully saturated rings. The molecule has 1 aliphatic heterocycles. The summed E-state index contributed by atoms with van der Waals surface area (Å²) in [6.45, 7) is 8.81. The molecule has 2 aromatic rings. The van der Waals surface area contributed by atoms with Crippen molar-refractivity contribution in [2.75, 3.05) is 13.7 Å². The number of aliphatic hydroxyl groups excluding tert-OH is 3. The van der Waals surface area contributed by atoms with Gasteiger partial charge in [0.1, 0.15) is 36.8 Å². The number of benzene rings is 1. The van der Waals surface area contributed by atoms with E-state index in [1.54, 1.807) is 25.6 Å². The molecule has 0 radical (unpaired) electrons. The maximum absolute atomic E-state index is 11.7. The molecule has 36 heavy (non-hydrogen) atoms. The number of hydrogen-bond acceptors (Lipinski definition) is 10. The second kappa shape index (κ2) is 11.9. The summed E-state index contributed by atoms with van der Waals surface area (Å²) >= 11 is 0. The molecule has 0 amide bonds. The van der Waals surface area contributed by atoms with Crippen molar-refractivity contribution in [2.24, 2.45) is 0 Å². The lowest BCUT2D eigenvalue weighted by Crippen LogP contribution is -2.60. The average molecular weight is 509 g/mol. The summed E-state index contributed by atoms with van der Waals surface area (Å²) < 4.78 is 28.6. The van der Waals surface area contributed by atoms with E-state index in [-0.39, 0.29) is 18.0 Å². The standard InChI is InChI=1S/C25H36N2O9/c1-13(2)27-15(5)18(11-16-7-9-17(32-6)10-8-16)23(26-27)36-24-22(30)21(29)20(28)19(35-24)12-33-25(31)34-14(3)4/h7-10,13-14,19-22,24,28-30H,11-12H2,1-6H3/t19-,20-,21+,22-,24-/m0/s1. The lowest BCUT2D eigenvalue weighted by atomic mass is 9.99. The van der Waals surface area contributed by atoms with Gasteiger partial charge >= 0.3 is 6.16 Å². The molecule has 0 bridgehead atoms. The predicted octanol–water partition coefficient (Wildman–Crippen LogP) is 2.12. The lowest BCUT2D eigenvalue weighted by Gasteiger charge is -2.39. The Morgan fingerprint density at radius 2 is 1.75 bits per heavy atom. The normalized spacial score (nSPS) is 24.1. The molecular formula is C25H36N2O9. The number of aromatic nitrogens is 2. The summed E-state index contributed by atoms with van der Waals surface area (Å²) in [6, 6.07) is 7.63. The maximum Gasteiger partial charge on any atom is 0.508 e. The van der Waals surface area contributed by atoms with Crippen LogP contribution in [0.1, 0.15) is 50.6 Å². The van der Waals surface area contributed by atoms with Gasteiger partial charge in [0.15, 0.2) is 0 Å². The Hall–Kier alpha value is -2.86. The van der Waals surface area contributed by atoms with Gasteiger partial charge in [0.2, 0.25) is 12.2 Å². The zero-order chi connectivity index (χ0) is 26.6. The molecule has 3 N–H and O–H groups in total. The second-order valence-electron chi connectivity index (χ2n) is 9.29. The summed E-state index contributed by atoms with van der Waals surface area (Å²) in [5.41, 5.74) is 2.64. The molecule has 5 atom stereocenters. The SMILES string of the molecule is COc1ccc(Cc2c(O[C@@H]3O[C@@H](COC(=O)OC(C)C)[C@H](O)[C@@H](O)[C@@H]3O)nn(C(C)C)c2C)cc1. The first-order chi connectivity index (χ1) is 17.0. The Bertz CT molecular complexity index is 1010. The van der Waals surface area contributed by atoms with Crippen LogP contribution in [0.5, 0.6) is 11.6 Å². The van der Waals surface area contributed by atoms with Gasteiger partial charge in [0, 0.05) is 23.7 Å². The maximum atomic E-state index is 11.7. The molecule has 11 heteroatoms. The highest BCUT2D eigenvalue weighted by molar-refractivity contribution is 5.60. The van der Waals surface area contributed by atoms with Crippen molar-refractivity contribution in [3.8, 4) is 11.6 Å². The van der Waals surface area contributed by atoms with Crippen LogP contribution in [0.3, 0.4) is 0 Å². The zero-order valence-electron chi connectivity index (χ0n) is 21.5. The third-order valence-electron chi connectivity index (χ3n) is 5.86. The van der Waals surface area contributed by atoms with Gasteiger partial charge in [-0.3, -0.25) is 4.68 Å². The van der Waals surface area contributed by atoms with E-state index in [0.29, 0.717) is 6.42 Å². The van der Waals surface area contributed by atoms with Crippen LogP contribution in [0.2, 0.25) is 0 Å². The summed E-state index contributed by atoms with van der Waals surface area (Å²) in [5, 5.41) is 35.9. The summed E-state index contributed by atoms with van der Waals surface area (Å²) in [7, 11) is 1.60. The van der Waals surface area contributed by atoms with E-state index in [0.717, 1.165) is 22.6 Å². The predicted molar refractivity (Wildman–Crippen MR) is 128 cm³/mol. The van der Waals surface area contributed by atoms with Gasteiger partial charge in [-0.1, -0.05) is 12.1 Å². The fraction of sp³-hybridized carbons (Fsp3) is 0.600. The van der Waals surface area contributed by atoms with Gasteiger partial charge in [-0.05, 0) is 52.3 Å². The first-order valence-electron chi connectivity index (χ1n) is 11.9. The summed E-state index contributed by atoms with van der Waals surface area (Å²) in [6.07, 6.45) is -8.06. The Kier molecular flexibility index (Phi) is 9.18. The highest BCUT2D eigenvalue weighted by Gasteiger charge is 2.46. The van der Waals surface area contributed by atoms with Crippen LogP contribution in [0, 0.1) is 6.92 Å². The molecule has 0 saturated carbocycles. The fourth-order valence-corrected chi connectivity index (χ4v) is 3.91. The highest BCUT2D eigenvalue weighted by atomic mass is 16.7. The minimum absolute atomic E-state index is 0.0368. The van der Waals surface area contributed by atoms with Crippen LogP contribution in [-0.2, 0) is 20.6 Å². The monoisotopic (exact) mass is 508 g/mol. The van der Waals surface area contributed by atoms with Crippen LogP contribution < -0.4 is 9.47 Å². The third kappa shape index (κ3) is 6.47. The number of hydrogen-bond donors (Lipinski definition) is 3. The molecule has 3 rings (SSSR count). The van der Waals surface area contributed by atoms with E-state index < -0.39 is 43.5 Å². The number of methoxy groups -OCH3 is 1. The molecule has 1 aromatic carbocycles. The van der Waals surface area contributed by atoms with Gasteiger partial charge in [-0.25, -0.2) is 4.79 Å². The number of carbonyl (C=O) groups is 1. The Balaban J connectivity index is 1.81. The topological polar surface area (TPSA) is 142 Å². The number of nitrogens with zero attached hydrogens (tertiary/aromatic N) is 2. The largest absolute Gasteiger partial charge is 0.508 e. The molecule has 1 saturated heterocycles. The van der Waals surface area contributed by atoms with Gasteiger partial charge in [0.25, 0.3) is 0 Å². The van der Waals surface area contributed by atoms with Crippen LogP contribution >= 0.6 is 0 Å². The van der Waals surface area contributed by atoms with E-state index >= 15 is 0 Å². The Morgan fingerprint density at radius 1 is 1.08 bits per heavy atom. The first-order valence-corrected chi connectivity index (χ1v) is 11.9. The molecular weight excluding hydrogens is 472 g/mol. The Morgan fingerprint density at radius 3 is 2.33 bits per heavy atom. The quantitative estimate of drug-likeness (QED) is 0.431. The molecule has 0 spiro atoms. The third-order valence-corrected chi connectivity index (χ3v) is 5.86. The van der Waals surface area contributed by atoms with E-state index in [1.807, 2.05) is 45.0 Å². The highest BCUT2D eigenvalue weighted by Crippen LogP contribution is 2.31. The molecule has 0 unspecified atom stereocenters. The number of carbonyl (C=O) groups excluding carboxylic acids is 1. The van der Waals surface area contributed by atoms with Crippen LogP contribution in [0.25, 0.3) is 0 Å². The van der Waals surface area contributed by atoms with Gasteiger partial charge < -0.3 is 39.0 Å². The minimum Gasteiger partial charge on any atom is -0.497 e. The fourth-order valence-electron chi connectivity index (χ4n) is 3.91. The van der Waals surface area contributed by atoms with Crippen molar-refractivity contribution >= 4 is 6.16 Å². The van der Waals surface area contributed by atoms with E-state index in [4.69, 9.17) is 23.7 Å². The molecule has 0 aliphatic carbocycles. The van der Waals surface area contributed by atoms with E-state index in [1.165, 1.54) is 0 Å². The van der Waals surface area contributed by atoms with Crippen LogP contribution in [-0.4, -0.2) is 81.8 Å². The van der Waals surface area contributed by atoms with Gasteiger partial charge in [0.05, 0.1) is 13.2 Å². The lowest BCUT2D eigenvalue weighted by molar-refractivity contribution is -0.278. The number of rotatable bonds is 9. The molecule has 2 heterocycles. The van der Waals surface area contributed by atoms with Gasteiger partial charge in [-0.2, -0.15) is 0 Å². The number of aliphatic hydroxyl groups is 3. The minimum atomic E-state index is -1.60. The second-order valence-corrected chi connectivity index (χ2v) is 9.29. The molecule has 1 aliphatic rings. The van der Waals surface area contributed by atoms with E-state index in [2.05, 4.69) is 5.10 Å². The summed E-state index contributed by atoms with van der Waals surface area (Å²) in [4.78, 5) is 11.7. The number of ether oxygens (including phenoxy) is 5. The molecule has 1 aromatic heterocycles. The van der Waals surface area contributed by atoms with E-state index in [9.17, 15) is 20.1 Å². The van der Waals surface area contributed by atoms with Crippen LogP contribution in [0.15, 0.2) is 24.3 Å². The molecule has 11 nitrogen and oxygen atoms in total. The van der Waals surface area contributed by atoms with Crippen molar-refractivity contribution in [2.45, 2.75) is 83.9 Å². The Labute approximate surface area is 210 Å². The van der Waals surface area contributed by atoms with Crippen molar-refractivity contribution in [3.63, 3.8) is 0 Å². The van der Waals surface area contributed by atoms with Crippen molar-refractivity contribution in [3.05, 3.63) is 41.1 Å². The average Bonchev–Trinajstić information content (AvgIpc) is 3.13. The molecule has 200 valence electrons. The first kappa shape index (κ1) is 27.7. The van der Waals surface area contributed by atoms with Crippen LogP contribution in [0.4, 0.5) is 4.79 Å². The zero-order valence-corrected chi connectivity index (χ0v) is 21.5. The van der Waals surface area contributed by atoms with Crippen molar-refractivity contribution in [1.82, 2.24) is 9.78 Å². The van der Waals surface area contributed by atoms with Crippen molar-refractivity contribution in [1.29, 1.82) is 0 Å². The summed E-state index contributed by atoms with van der Waals surface area (Å²) in [5.74, 6) is 0.963.